The second kappa shape index (κ2) is 7.03. The molecule has 3 heterocycles. The molecule has 6 nitrogen and oxygen atoms in total. The van der Waals surface area contributed by atoms with Gasteiger partial charge in [-0.2, -0.15) is 0 Å². The molecular weight excluding hydrogens is 368 g/mol. The van der Waals surface area contributed by atoms with E-state index in [-0.39, 0.29) is 6.79 Å². The number of benzene rings is 2. The molecule has 0 unspecified atom stereocenters. The minimum Gasteiger partial charge on any atom is -0.493 e. The zero-order valence-electron chi connectivity index (χ0n) is 16.9. The van der Waals surface area contributed by atoms with Crippen LogP contribution in [0.2, 0.25) is 0 Å². The predicted octanol–water partition coefficient (Wildman–Crippen LogP) is 3.92. The third-order valence-electron chi connectivity index (χ3n) is 5.60. The quantitative estimate of drug-likeness (QED) is 0.675. The largest absolute Gasteiger partial charge is 0.493 e. The molecule has 0 bridgehead atoms. The molecule has 0 saturated heterocycles. The summed E-state index contributed by atoms with van der Waals surface area (Å²) >= 11 is 0. The van der Waals surface area contributed by atoms with E-state index in [0.717, 1.165) is 65.1 Å². The average Bonchev–Trinajstić information content (AvgIpc) is 3.21. The molecule has 0 aliphatic carbocycles. The van der Waals surface area contributed by atoms with Crippen LogP contribution >= 0.6 is 0 Å². The fourth-order valence-electron chi connectivity index (χ4n) is 4.26. The van der Waals surface area contributed by atoms with Crippen LogP contribution in [0.3, 0.4) is 0 Å². The number of nitrogens with zero attached hydrogens (tertiary/aromatic N) is 2. The van der Waals surface area contributed by atoms with Crippen LogP contribution < -0.4 is 24.4 Å². The van der Waals surface area contributed by atoms with E-state index in [2.05, 4.69) is 35.8 Å². The highest BCUT2D eigenvalue weighted by Gasteiger charge is 2.24. The molecule has 0 N–H and O–H groups in total. The highest BCUT2D eigenvalue weighted by Crippen LogP contribution is 2.42. The molecule has 0 saturated carbocycles. The van der Waals surface area contributed by atoms with Crippen molar-refractivity contribution in [2.24, 2.45) is 4.99 Å². The molecule has 0 amide bonds. The van der Waals surface area contributed by atoms with Gasteiger partial charge in [0, 0.05) is 18.7 Å². The van der Waals surface area contributed by atoms with E-state index in [9.17, 15) is 0 Å². The highest BCUT2D eigenvalue weighted by atomic mass is 16.7. The van der Waals surface area contributed by atoms with Crippen molar-refractivity contribution in [3.05, 3.63) is 41.4 Å². The number of aryl methyl sites for hydroxylation is 1. The summed E-state index contributed by atoms with van der Waals surface area (Å²) in [5, 5.41) is 2.07. The van der Waals surface area contributed by atoms with Crippen LogP contribution in [0.1, 0.15) is 18.9 Å². The molecule has 2 aliphatic rings. The molecule has 2 aromatic carbocycles. The minimum atomic E-state index is 0.282. The van der Waals surface area contributed by atoms with Crippen molar-refractivity contribution in [1.82, 2.24) is 4.57 Å². The zero-order valence-corrected chi connectivity index (χ0v) is 16.9. The Morgan fingerprint density at radius 1 is 1.07 bits per heavy atom. The summed E-state index contributed by atoms with van der Waals surface area (Å²) in [5.41, 5.74) is 4.53. The van der Waals surface area contributed by atoms with E-state index >= 15 is 0 Å². The Morgan fingerprint density at radius 3 is 2.66 bits per heavy atom. The molecule has 2 aliphatic heterocycles. The summed E-state index contributed by atoms with van der Waals surface area (Å²) in [6, 6.07) is 10.4. The van der Waals surface area contributed by atoms with Crippen molar-refractivity contribution < 1.29 is 18.9 Å². The second-order valence-corrected chi connectivity index (χ2v) is 7.26. The standard InChI is InChI=1S/C23H24N2O4/c1-4-8-24-23-21-15(5-6-18(26-2)22(21)27-3)10-17-16-12-20-19(28-13-29-20)11-14(16)7-9-25(17)23/h5-6,10-12H,4,7-9,13H2,1-3H3. The molecule has 0 fully saturated rings. The first-order chi connectivity index (χ1) is 14.2. The monoisotopic (exact) mass is 392 g/mol. The lowest BCUT2D eigenvalue weighted by Gasteiger charge is -2.25. The fourth-order valence-corrected chi connectivity index (χ4v) is 4.26. The molecule has 29 heavy (non-hydrogen) atoms. The van der Waals surface area contributed by atoms with Crippen molar-refractivity contribution in [2.45, 2.75) is 26.3 Å². The lowest BCUT2D eigenvalue weighted by Crippen LogP contribution is -2.28. The minimum absolute atomic E-state index is 0.282. The normalized spacial score (nSPS) is 14.7. The SMILES string of the molecule is CCCN=c1c2c(OC)c(OC)ccc2cc2n1CCc1cc3c(cc1-2)OCO3. The van der Waals surface area contributed by atoms with Crippen LogP contribution in [0.4, 0.5) is 0 Å². The Hall–Kier alpha value is -3.15. The zero-order chi connectivity index (χ0) is 20.0. The van der Waals surface area contributed by atoms with Gasteiger partial charge in [0.1, 0.15) is 5.49 Å². The van der Waals surface area contributed by atoms with E-state index < -0.39 is 0 Å². The summed E-state index contributed by atoms with van der Waals surface area (Å²) in [4.78, 5) is 4.97. The molecule has 0 spiro atoms. The first-order valence-electron chi connectivity index (χ1n) is 9.97. The molecule has 150 valence electrons. The van der Waals surface area contributed by atoms with Crippen molar-refractivity contribution in [3.63, 3.8) is 0 Å². The lowest BCUT2D eigenvalue weighted by atomic mass is 9.95. The van der Waals surface area contributed by atoms with Gasteiger partial charge in [0.2, 0.25) is 6.79 Å². The van der Waals surface area contributed by atoms with E-state index in [1.807, 2.05) is 6.07 Å². The number of rotatable bonds is 4. The Bertz CT molecular complexity index is 1180. The van der Waals surface area contributed by atoms with Crippen LogP contribution in [-0.2, 0) is 13.0 Å². The Labute approximate surface area is 169 Å². The maximum Gasteiger partial charge on any atom is 0.231 e. The van der Waals surface area contributed by atoms with Crippen molar-refractivity contribution >= 4 is 10.8 Å². The van der Waals surface area contributed by atoms with Crippen molar-refractivity contribution in [3.8, 4) is 34.3 Å². The summed E-state index contributed by atoms with van der Waals surface area (Å²) in [5.74, 6) is 3.08. The number of fused-ring (bicyclic) bond motifs is 5. The fraction of sp³-hybridized carbons (Fsp3) is 0.348. The van der Waals surface area contributed by atoms with Crippen molar-refractivity contribution in [1.29, 1.82) is 0 Å². The van der Waals surface area contributed by atoms with Crippen LogP contribution in [0.5, 0.6) is 23.0 Å². The molecule has 3 aromatic rings. The summed E-state index contributed by atoms with van der Waals surface area (Å²) in [6.07, 6.45) is 1.89. The molecule has 0 radical (unpaired) electrons. The molecular formula is C23H24N2O4. The number of hydrogen-bond donors (Lipinski definition) is 0. The maximum absolute atomic E-state index is 5.76. The topological polar surface area (TPSA) is 54.2 Å². The maximum atomic E-state index is 5.76. The predicted molar refractivity (Wildman–Crippen MR) is 111 cm³/mol. The van der Waals surface area contributed by atoms with Gasteiger partial charge in [-0.25, -0.2) is 0 Å². The number of hydrogen-bond acceptors (Lipinski definition) is 5. The van der Waals surface area contributed by atoms with Gasteiger partial charge in [-0.15, -0.1) is 0 Å². The average molecular weight is 392 g/mol. The molecule has 1 aromatic heterocycles. The van der Waals surface area contributed by atoms with Gasteiger partial charge in [-0.05, 0) is 48.1 Å². The number of ether oxygens (including phenoxy) is 4. The lowest BCUT2D eigenvalue weighted by molar-refractivity contribution is 0.174. The van der Waals surface area contributed by atoms with Crippen LogP contribution in [-0.4, -0.2) is 32.1 Å². The number of pyridine rings is 1. The van der Waals surface area contributed by atoms with Crippen molar-refractivity contribution in [2.75, 3.05) is 27.6 Å². The van der Waals surface area contributed by atoms with Crippen LogP contribution in [0.25, 0.3) is 22.0 Å². The third kappa shape index (κ3) is 2.74. The van der Waals surface area contributed by atoms with Gasteiger partial charge in [-0.1, -0.05) is 13.0 Å². The number of methoxy groups -OCH3 is 2. The van der Waals surface area contributed by atoms with Gasteiger partial charge >= 0.3 is 0 Å². The first kappa shape index (κ1) is 17.9. The van der Waals surface area contributed by atoms with E-state index in [1.54, 1.807) is 14.2 Å². The summed E-state index contributed by atoms with van der Waals surface area (Å²) in [7, 11) is 3.35. The smallest absolute Gasteiger partial charge is 0.231 e. The number of aromatic nitrogens is 1. The molecule has 0 atom stereocenters. The van der Waals surface area contributed by atoms with Gasteiger partial charge < -0.3 is 23.5 Å². The summed E-state index contributed by atoms with van der Waals surface area (Å²) in [6.45, 7) is 4.03. The Morgan fingerprint density at radius 2 is 1.90 bits per heavy atom. The Kier molecular flexibility index (Phi) is 4.34. The van der Waals surface area contributed by atoms with E-state index in [4.69, 9.17) is 23.9 Å². The van der Waals surface area contributed by atoms with Gasteiger partial charge in [0.15, 0.2) is 23.0 Å². The van der Waals surface area contributed by atoms with E-state index in [0.29, 0.717) is 5.75 Å². The van der Waals surface area contributed by atoms with Crippen LogP contribution in [0.15, 0.2) is 35.3 Å². The molecule has 6 heteroatoms. The van der Waals surface area contributed by atoms with E-state index in [1.165, 1.54) is 11.1 Å². The first-order valence-corrected chi connectivity index (χ1v) is 9.97. The van der Waals surface area contributed by atoms with Gasteiger partial charge in [0.05, 0.1) is 25.3 Å². The third-order valence-corrected chi connectivity index (χ3v) is 5.60. The summed E-state index contributed by atoms with van der Waals surface area (Å²) < 4.78 is 24.8. The second-order valence-electron chi connectivity index (χ2n) is 7.26. The highest BCUT2D eigenvalue weighted by molar-refractivity contribution is 5.93. The molecule has 5 rings (SSSR count). The van der Waals surface area contributed by atoms with Gasteiger partial charge in [0.25, 0.3) is 0 Å². The Balaban J connectivity index is 1.85. The van der Waals surface area contributed by atoms with Crippen LogP contribution in [0, 0.1) is 0 Å². The van der Waals surface area contributed by atoms with Gasteiger partial charge in [-0.3, -0.25) is 4.99 Å².